The van der Waals surface area contributed by atoms with E-state index in [2.05, 4.69) is 20.8 Å². The molecule has 1 unspecified atom stereocenters. The van der Waals surface area contributed by atoms with Crippen molar-refractivity contribution in [1.29, 1.82) is 0 Å². The van der Waals surface area contributed by atoms with Crippen molar-refractivity contribution < 1.29 is 21.6 Å². The lowest BCUT2D eigenvalue weighted by Gasteiger charge is -2.39. The van der Waals surface area contributed by atoms with E-state index < -0.39 is 0 Å². The van der Waals surface area contributed by atoms with Gasteiger partial charge >= 0.3 is 0 Å². The number of halogens is 1. The van der Waals surface area contributed by atoms with Gasteiger partial charge in [0.15, 0.2) is 0 Å². The van der Waals surface area contributed by atoms with E-state index in [1.807, 2.05) is 0 Å². The molecule has 1 saturated heterocycles. The standard InChI is InChI=1S/C15H32NO.ClH/c1-4-7-10-16(11-8-5-2,12-9-6-3)13-15-14-17-15;/h15H,4-14H2,1-3H3;1H/q+1;/p-1. The summed E-state index contributed by atoms with van der Waals surface area (Å²) in [6, 6.07) is 0. The highest BCUT2D eigenvalue weighted by atomic mass is 35.5. The van der Waals surface area contributed by atoms with Crippen LogP contribution in [0.2, 0.25) is 0 Å². The molecule has 0 aromatic carbocycles. The number of rotatable bonds is 11. The first kappa shape index (κ1) is 18.2. The zero-order valence-corrected chi connectivity index (χ0v) is 13.3. The van der Waals surface area contributed by atoms with E-state index in [4.69, 9.17) is 4.74 Å². The molecule has 0 radical (unpaired) electrons. The minimum atomic E-state index is 0. The van der Waals surface area contributed by atoms with Crippen molar-refractivity contribution in [2.75, 3.05) is 32.8 Å². The monoisotopic (exact) mass is 277 g/mol. The van der Waals surface area contributed by atoms with Gasteiger partial charge in [0.1, 0.15) is 12.6 Å². The molecule has 18 heavy (non-hydrogen) atoms. The third-order valence-electron chi connectivity index (χ3n) is 3.95. The first-order chi connectivity index (χ1) is 8.26. The van der Waals surface area contributed by atoms with E-state index in [1.54, 1.807) is 0 Å². The molecule has 0 saturated carbocycles. The number of hydrogen-bond acceptors (Lipinski definition) is 1. The first-order valence-electron chi connectivity index (χ1n) is 7.73. The Labute approximate surface area is 120 Å². The van der Waals surface area contributed by atoms with Gasteiger partial charge < -0.3 is 21.6 Å². The Balaban J connectivity index is 0.00000289. The van der Waals surface area contributed by atoms with E-state index >= 15 is 0 Å². The van der Waals surface area contributed by atoms with Gasteiger partial charge in [-0.15, -0.1) is 0 Å². The Kier molecular flexibility index (Phi) is 10.2. The molecular formula is C15H32ClNO. The minimum Gasteiger partial charge on any atom is -1.00 e. The van der Waals surface area contributed by atoms with Gasteiger partial charge in [0.25, 0.3) is 0 Å². The van der Waals surface area contributed by atoms with Crippen LogP contribution in [0.15, 0.2) is 0 Å². The highest BCUT2D eigenvalue weighted by Crippen LogP contribution is 2.21. The van der Waals surface area contributed by atoms with Crippen molar-refractivity contribution in [3.63, 3.8) is 0 Å². The average Bonchev–Trinajstić information content (AvgIpc) is 3.15. The Morgan fingerprint density at radius 2 is 1.28 bits per heavy atom. The summed E-state index contributed by atoms with van der Waals surface area (Å²) in [5, 5.41) is 0. The summed E-state index contributed by atoms with van der Waals surface area (Å²) in [7, 11) is 0. The van der Waals surface area contributed by atoms with Gasteiger partial charge in [-0.1, -0.05) is 40.0 Å². The number of epoxide rings is 1. The van der Waals surface area contributed by atoms with Crippen LogP contribution >= 0.6 is 0 Å². The SMILES string of the molecule is CCCC[N+](CCCC)(CCCC)CC1CO1.[Cl-]. The summed E-state index contributed by atoms with van der Waals surface area (Å²) in [6.07, 6.45) is 8.68. The zero-order valence-electron chi connectivity index (χ0n) is 12.6. The van der Waals surface area contributed by atoms with Crippen molar-refractivity contribution in [3.05, 3.63) is 0 Å². The Morgan fingerprint density at radius 3 is 1.56 bits per heavy atom. The molecule has 3 heteroatoms. The van der Waals surface area contributed by atoms with Crippen molar-refractivity contribution >= 4 is 0 Å². The molecule has 2 nitrogen and oxygen atoms in total. The largest absolute Gasteiger partial charge is 1.00 e. The number of quaternary nitrogens is 1. The molecule has 1 fully saturated rings. The number of ether oxygens (including phenoxy) is 1. The van der Waals surface area contributed by atoms with Crippen molar-refractivity contribution in [2.45, 2.75) is 65.4 Å². The summed E-state index contributed by atoms with van der Waals surface area (Å²) in [5.41, 5.74) is 0. The van der Waals surface area contributed by atoms with Crippen LogP contribution in [0.3, 0.4) is 0 Å². The fourth-order valence-electron chi connectivity index (χ4n) is 2.70. The van der Waals surface area contributed by atoms with Crippen LogP contribution in [0, 0.1) is 0 Å². The Bertz CT molecular complexity index is 173. The van der Waals surface area contributed by atoms with E-state index in [9.17, 15) is 0 Å². The molecule has 0 N–H and O–H groups in total. The maximum absolute atomic E-state index is 5.49. The molecule has 0 bridgehead atoms. The summed E-state index contributed by atoms with van der Waals surface area (Å²) in [4.78, 5) is 0. The number of unbranched alkanes of at least 4 members (excludes halogenated alkanes) is 3. The predicted molar refractivity (Wildman–Crippen MR) is 74.2 cm³/mol. The van der Waals surface area contributed by atoms with Crippen LogP contribution in [0.4, 0.5) is 0 Å². The molecule has 1 heterocycles. The zero-order chi connectivity index (χ0) is 12.6. The van der Waals surface area contributed by atoms with Crippen molar-refractivity contribution in [2.24, 2.45) is 0 Å². The topological polar surface area (TPSA) is 12.5 Å². The van der Waals surface area contributed by atoms with Crippen LogP contribution in [0.5, 0.6) is 0 Å². The molecule has 0 aromatic rings. The summed E-state index contributed by atoms with van der Waals surface area (Å²) in [6.45, 7) is 13.3. The smallest absolute Gasteiger partial charge is 0.130 e. The molecule has 1 atom stereocenters. The third kappa shape index (κ3) is 6.96. The maximum Gasteiger partial charge on any atom is 0.130 e. The molecule has 0 spiro atoms. The molecule has 1 aliphatic rings. The van der Waals surface area contributed by atoms with Gasteiger partial charge in [-0.25, -0.2) is 0 Å². The van der Waals surface area contributed by atoms with Crippen molar-refractivity contribution in [3.8, 4) is 0 Å². The first-order valence-corrected chi connectivity index (χ1v) is 7.73. The lowest BCUT2D eigenvalue weighted by molar-refractivity contribution is -0.929. The van der Waals surface area contributed by atoms with Gasteiger partial charge in [-0.2, -0.15) is 0 Å². The second-order valence-corrected chi connectivity index (χ2v) is 5.71. The average molecular weight is 278 g/mol. The molecule has 0 amide bonds. The van der Waals surface area contributed by atoms with E-state index in [-0.39, 0.29) is 12.4 Å². The second-order valence-electron chi connectivity index (χ2n) is 5.71. The molecule has 1 aliphatic heterocycles. The molecule has 1 rings (SSSR count). The molecule has 0 aromatic heterocycles. The van der Waals surface area contributed by atoms with Gasteiger partial charge in [-0.3, -0.25) is 0 Å². The van der Waals surface area contributed by atoms with Crippen LogP contribution in [-0.4, -0.2) is 43.4 Å². The van der Waals surface area contributed by atoms with Crippen molar-refractivity contribution in [1.82, 2.24) is 0 Å². The fourth-order valence-corrected chi connectivity index (χ4v) is 2.70. The normalized spacial score (nSPS) is 18.5. The van der Waals surface area contributed by atoms with Gasteiger partial charge in [0.2, 0.25) is 0 Å². The van der Waals surface area contributed by atoms with E-state index in [0.717, 1.165) is 6.61 Å². The Hall–Kier alpha value is 0.210. The van der Waals surface area contributed by atoms with E-state index in [1.165, 1.54) is 69.2 Å². The minimum absolute atomic E-state index is 0. The van der Waals surface area contributed by atoms with Crippen LogP contribution in [0.1, 0.15) is 59.3 Å². The highest BCUT2D eigenvalue weighted by molar-refractivity contribution is 4.69. The summed E-state index contributed by atoms with van der Waals surface area (Å²) >= 11 is 0. The van der Waals surface area contributed by atoms with Gasteiger partial charge in [-0.05, 0) is 19.3 Å². The molecular weight excluding hydrogens is 246 g/mol. The summed E-state index contributed by atoms with van der Waals surface area (Å²) < 4.78 is 6.82. The second kappa shape index (κ2) is 10.1. The lowest BCUT2D eigenvalue weighted by Crippen LogP contribution is -3.00. The lowest BCUT2D eigenvalue weighted by atomic mass is 10.1. The molecule has 110 valence electrons. The number of hydrogen-bond donors (Lipinski definition) is 0. The van der Waals surface area contributed by atoms with Crippen LogP contribution in [-0.2, 0) is 4.74 Å². The van der Waals surface area contributed by atoms with Crippen LogP contribution in [0.25, 0.3) is 0 Å². The fraction of sp³-hybridized carbons (Fsp3) is 1.00. The predicted octanol–water partition coefficient (Wildman–Crippen LogP) is 0.606. The quantitative estimate of drug-likeness (QED) is 0.398. The number of nitrogens with zero attached hydrogens (tertiary/aromatic N) is 1. The molecule has 0 aliphatic carbocycles. The van der Waals surface area contributed by atoms with Gasteiger partial charge in [0, 0.05) is 0 Å². The third-order valence-corrected chi connectivity index (χ3v) is 3.95. The summed E-state index contributed by atoms with van der Waals surface area (Å²) in [5.74, 6) is 0. The van der Waals surface area contributed by atoms with Crippen LogP contribution < -0.4 is 12.4 Å². The Morgan fingerprint density at radius 1 is 0.889 bits per heavy atom. The van der Waals surface area contributed by atoms with Gasteiger partial charge in [0.05, 0.1) is 26.2 Å². The highest BCUT2D eigenvalue weighted by Gasteiger charge is 2.35. The van der Waals surface area contributed by atoms with E-state index in [0.29, 0.717) is 6.10 Å². The maximum atomic E-state index is 5.49.